The summed E-state index contributed by atoms with van der Waals surface area (Å²) in [5.41, 5.74) is 1.10. The first-order valence-electron chi connectivity index (χ1n) is 8.36. The standard InChI is InChI=1S/C18H27FN2O/c1-3-4-11-20-18(22)16-8-5-14(2)21(13-16)12-15-6-9-17(19)10-7-15/h6-7,9-10,14,16H,3-5,8,11-13H2,1-2H3,(H,20,22). The Morgan fingerprint density at radius 2 is 2.05 bits per heavy atom. The Kier molecular flexibility index (Phi) is 6.37. The Morgan fingerprint density at radius 1 is 1.32 bits per heavy atom. The van der Waals surface area contributed by atoms with E-state index in [1.807, 2.05) is 12.1 Å². The normalized spacial score (nSPS) is 22.5. The maximum atomic E-state index is 13.0. The highest BCUT2D eigenvalue weighted by Gasteiger charge is 2.29. The van der Waals surface area contributed by atoms with Crippen molar-refractivity contribution in [2.24, 2.45) is 5.92 Å². The van der Waals surface area contributed by atoms with Crippen molar-refractivity contribution >= 4 is 5.91 Å². The number of benzene rings is 1. The lowest BCUT2D eigenvalue weighted by atomic mass is 9.92. The number of rotatable bonds is 6. The van der Waals surface area contributed by atoms with Gasteiger partial charge in [-0.3, -0.25) is 9.69 Å². The third-order valence-corrected chi connectivity index (χ3v) is 4.51. The Labute approximate surface area is 132 Å². The molecule has 0 aliphatic carbocycles. The van der Waals surface area contributed by atoms with Crippen LogP contribution in [0.15, 0.2) is 24.3 Å². The van der Waals surface area contributed by atoms with E-state index < -0.39 is 0 Å². The molecule has 1 aromatic carbocycles. The van der Waals surface area contributed by atoms with E-state index >= 15 is 0 Å². The monoisotopic (exact) mass is 306 g/mol. The molecule has 1 aliphatic rings. The molecular weight excluding hydrogens is 279 g/mol. The fraction of sp³-hybridized carbons (Fsp3) is 0.611. The number of carbonyl (C=O) groups is 1. The molecule has 22 heavy (non-hydrogen) atoms. The van der Waals surface area contributed by atoms with E-state index in [-0.39, 0.29) is 17.6 Å². The second kappa shape index (κ2) is 8.28. The van der Waals surface area contributed by atoms with Gasteiger partial charge in [-0.25, -0.2) is 4.39 Å². The van der Waals surface area contributed by atoms with Crippen molar-refractivity contribution in [1.82, 2.24) is 10.2 Å². The van der Waals surface area contributed by atoms with Crippen molar-refractivity contribution in [1.29, 1.82) is 0 Å². The minimum atomic E-state index is -0.205. The summed E-state index contributed by atoms with van der Waals surface area (Å²) in [6, 6.07) is 7.11. The minimum absolute atomic E-state index is 0.0773. The van der Waals surface area contributed by atoms with Crippen molar-refractivity contribution < 1.29 is 9.18 Å². The molecular formula is C18H27FN2O. The van der Waals surface area contributed by atoms with Gasteiger partial charge in [0.25, 0.3) is 0 Å². The summed E-state index contributed by atoms with van der Waals surface area (Å²) in [5.74, 6) is 0.0570. The van der Waals surface area contributed by atoms with E-state index in [1.165, 1.54) is 12.1 Å². The van der Waals surface area contributed by atoms with Crippen molar-refractivity contribution in [2.75, 3.05) is 13.1 Å². The number of hydrogen-bond acceptors (Lipinski definition) is 2. The molecule has 3 nitrogen and oxygen atoms in total. The van der Waals surface area contributed by atoms with Gasteiger partial charge in [0.2, 0.25) is 5.91 Å². The Balaban J connectivity index is 1.90. The summed E-state index contributed by atoms with van der Waals surface area (Å²) in [4.78, 5) is 14.6. The molecule has 1 N–H and O–H groups in total. The SMILES string of the molecule is CCCCNC(=O)C1CCC(C)N(Cc2ccc(F)cc2)C1. The van der Waals surface area contributed by atoms with Crippen LogP contribution in [0.1, 0.15) is 45.1 Å². The molecule has 1 aliphatic heterocycles. The lowest BCUT2D eigenvalue weighted by molar-refractivity contribution is -0.127. The fourth-order valence-electron chi connectivity index (χ4n) is 2.97. The van der Waals surface area contributed by atoms with E-state index in [4.69, 9.17) is 0 Å². The van der Waals surface area contributed by atoms with Gasteiger partial charge in [-0.15, -0.1) is 0 Å². The lowest BCUT2D eigenvalue weighted by Gasteiger charge is -2.37. The zero-order valence-corrected chi connectivity index (χ0v) is 13.6. The highest BCUT2D eigenvalue weighted by atomic mass is 19.1. The van der Waals surface area contributed by atoms with E-state index in [9.17, 15) is 9.18 Å². The molecule has 0 radical (unpaired) electrons. The molecule has 2 rings (SSSR count). The van der Waals surface area contributed by atoms with Crippen LogP contribution < -0.4 is 5.32 Å². The Morgan fingerprint density at radius 3 is 2.73 bits per heavy atom. The molecule has 0 aromatic heterocycles. The topological polar surface area (TPSA) is 32.3 Å². The Bertz CT molecular complexity index is 474. The molecule has 1 fully saturated rings. The number of nitrogens with zero attached hydrogens (tertiary/aromatic N) is 1. The molecule has 1 saturated heterocycles. The van der Waals surface area contributed by atoms with E-state index in [2.05, 4.69) is 24.1 Å². The van der Waals surface area contributed by atoms with Crippen LogP contribution >= 0.6 is 0 Å². The first-order chi connectivity index (χ1) is 10.6. The fourth-order valence-corrected chi connectivity index (χ4v) is 2.97. The van der Waals surface area contributed by atoms with Crippen LogP contribution in [0, 0.1) is 11.7 Å². The number of likely N-dealkylation sites (tertiary alicyclic amines) is 1. The van der Waals surface area contributed by atoms with Crippen molar-refractivity contribution in [3.63, 3.8) is 0 Å². The number of amides is 1. The van der Waals surface area contributed by atoms with Gasteiger partial charge in [-0.1, -0.05) is 25.5 Å². The average Bonchev–Trinajstić information content (AvgIpc) is 2.52. The van der Waals surface area contributed by atoms with Crippen molar-refractivity contribution in [2.45, 2.75) is 52.1 Å². The quantitative estimate of drug-likeness (QED) is 0.818. The number of carbonyl (C=O) groups excluding carboxylic acids is 1. The summed E-state index contributed by atoms with van der Waals surface area (Å²) in [5, 5.41) is 3.04. The van der Waals surface area contributed by atoms with Crippen molar-refractivity contribution in [3.05, 3.63) is 35.6 Å². The summed E-state index contributed by atoms with van der Waals surface area (Å²) in [7, 11) is 0. The molecule has 2 unspecified atom stereocenters. The van der Waals surface area contributed by atoms with Crippen molar-refractivity contribution in [3.8, 4) is 0 Å². The average molecular weight is 306 g/mol. The number of halogens is 1. The van der Waals surface area contributed by atoms with Gasteiger partial charge < -0.3 is 5.32 Å². The first-order valence-corrected chi connectivity index (χ1v) is 8.36. The molecule has 0 spiro atoms. The van der Waals surface area contributed by atoms with Gasteiger partial charge in [-0.2, -0.15) is 0 Å². The summed E-state index contributed by atoms with van der Waals surface area (Å²) in [6.45, 7) is 6.67. The number of hydrogen-bond donors (Lipinski definition) is 1. The highest BCUT2D eigenvalue weighted by Crippen LogP contribution is 2.24. The molecule has 122 valence electrons. The molecule has 4 heteroatoms. The van der Waals surface area contributed by atoms with Crippen LogP contribution in [0.5, 0.6) is 0 Å². The summed E-state index contributed by atoms with van der Waals surface area (Å²) >= 11 is 0. The molecule has 1 aromatic rings. The second-order valence-electron chi connectivity index (χ2n) is 6.32. The summed E-state index contributed by atoms with van der Waals surface area (Å²) in [6.07, 6.45) is 4.12. The lowest BCUT2D eigenvalue weighted by Crippen LogP contribution is -2.46. The van der Waals surface area contributed by atoms with E-state index in [1.54, 1.807) is 0 Å². The van der Waals surface area contributed by atoms with E-state index in [0.29, 0.717) is 6.04 Å². The van der Waals surface area contributed by atoms with Crippen LogP contribution in [-0.4, -0.2) is 29.9 Å². The smallest absolute Gasteiger partial charge is 0.224 e. The molecule has 2 atom stereocenters. The van der Waals surface area contributed by atoms with Crippen LogP contribution in [0.25, 0.3) is 0 Å². The number of nitrogens with one attached hydrogen (secondary N) is 1. The van der Waals surface area contributed by atoms with Crippen LogP contribution in [0.2, 0.25) is 0 Å². The highest BCUT2D eigenvalue weighted by molar-refractivity contribution is 5.78. The van der Waals surface area contributed by atoms with Gasteiger partial charge in [-0.05, 0) is 43.9 Å². The minimum Gasteiger partial charge on any atom is -0.356 e. The molecule has 0 saturated carbocycles. The molecule has 0 bridgehead atoms. The first kappa shape index (κ1) is 16.9. The Hall–Kier alpha value is -1.42. The largest absolute Gasteiger partial charge is 0.356 e. The van der Waals surface area contributed by atoms with Gasteiger partial charge >= 0.3 is 0 Å². The van der Waals surface area contributed by atoms with Gasteiger partial charge in [0, 0.05) is 25.7 Å². The molecule has 1 amide bonds. The van der Waals surface area contributed by atoms with Gasteiger partial charge in [0.15, 0.2) is 0 Å². The second-order valence-corrected chi connectivity index (χ2v) is 6.32. The van der Waals surface area contributed by atoms with Gasteiger partial charge in [0.1, 0.15) is 5.82 Å². The van der Waals surface area contributed by atoms with Gasteiger partial charge in [0.05, 0.1) is 5.92 Å². The summed E-state index contributed by atoms with van der Waals surface area (Å²) < 4.78 is 13.0. The maximum absolute atomic E-state index is 13.0. The number of piperidine rings is 1. The zero-order valence-electron chi connectivity index (χ0n) is 13.6. The van der Waals surface area contributed by atoms with E-state index in [0.717, 1.165) is 50.9 Å². The maximum Gasteiger partial charge on any atom is 0.224 e. The third kappa shape index (κ3) is 4.80. The molecule has 1 heterocycles. The predicted molar refractivity (Wildman–Crippen MR) is 86.9 cm³/mol. The van der Waals surface area contributed by atoms with Crippen LogP contribution in [0.4, 0.5) is 4.39 Å². The van der Waals surface area contributed by atoms with Crippen LogP contribution in [0.3, 0.4) is 0 Å². The zero-order chi connectivity index (χ0) is 15.9. The van der Waals surface area contributed by atoms with Crippen LogP contribution in [-0.2, 0) is 11.3 Å². The third-order valence-electron chi connectivity index (χ3n) is 4.51. The predicted octanol–water partition coefficient (Wildman–Crippen LogP) is 3.34. The number of unbranched alkanes of at least 4 members (excludes halogenated alkanes) is 1.